The van der Waals surface area contributed by atoms with Crippen LogP contribution in [-0.2, 0) is 24.1 Å². The summed E-state index contributed by atoms with van der Waals surface area (Å²) in [7, 11) is 0. The molecule has 0 saturated carbocycles. The zero-order valence-corrected chi connectivity index (χ0v) is 11.9. The van der Waals surface area contributed by atoms with Crippen LogP contribution < -0.4 is 0 Å². The Kier molecular flexibility index (Phi) is 3.31. The highest BCUT2D eigenvalue weighted by atomic mass is 32.1. The third-order valence-electron chi connectivity index (χ3n) is 3.91. The highest BCUT2D eigenvalue weighted by molar-refractivity contribution is 7.15. The van der Waals surface area contributed by atoms with E-state index in [1.807, 2.05) is 5.38 Å². The van der Waals surface area contributed by atoms with E-state index >= 15 is 0 Å². The van der Waals surface area contributed by atoms with Gasteiger partial charge in [-0.2, -0.15) is 0 Å². The minimum atomic E-state index is -0.775. The topological polar surface area (TPSA) is 54.6 Å². The number of aryl methyl sites for hydroxylation is 1. The molecule has 2 heterocycles. The Morgan fingerprint density at radius 2 is 2.47 bits per heavy atom. The van der Waals surface area contributed by atoms with Crippen molar-refractivity contribution in [3.05, 3.63) is 22.5 Å². The van der Waals surface area contributed by atoms with E-state index in [-0.39, 0.29) is 6.42 Å². The number of aliphatic carboxylic acids is 1. The maximum Gasteiger partial charge on any atom is 0.309 e. The van der Waals surface area contributed by atoms with Crippen molar-refractivity contribution in [2.45, 2.75) is 45.4 Å². The standard InChI is InChI=1S/C14H18N2O2S/c1-2-3-9-4-5-11-12(6-9)16-10(7-13(17)18)8-19-14(16)15-11/h8-9H,2-7H2,1H3,(H,17,18). The fourth-order valence-electron chi connectivity index (χ4n) is 3.08. The predicted octanol–water partition coefficient (Wildman–Crippen LogP) is 2.93. The van der Waals surface area contributed by atoms with Gasteiger partial charge in [0.1, 0.15) is 0 Å². The molecule has 1 aliphatic rings. The molecule has 4 nitrogen and oxygen atoms in total. The minimum Gasteiger partial charge on any atom is -0.481 e. The number of rotatable bonds is 4. The summed E-state index contributed by atoms with van der Waals surface area (Å²) in [5.41, 5.74) is 3.32. The lowest BCUT2D eigenvalue weighted by Crippen LogP contribution is -2.16. The molecule has 0 amide bonds. The average Bonchev–Trinajstić information content (AvgIpc) is 2.89. The SMILES string of the molecule is CCCC1CCc2nc3scc(CC(=O)O)n3c2C1. The van der Waals surface area contributed by atoms with Crippen LogP contribution in [0.1, 0.15) is 43.3 Å². The van der Waals surface area contributed by atoms with E-state index in [4.69, 9.17) is 5.11 Å². The summed E-state index contributed by atoms with van der Waals surface area (Å²) in [5.74, 6) is -0.0435. The first-order chi connectivity index (χ1) is 9.19. The highest BCUT2D eigenvalue weighted by Crippen LogP contribution is 2.31. The lowest BCUT2D eigenvalue weighted by atomic mass is 9.86. The van der Waals surface area contributed by atoms with Crippen LogP contribution >= 0.6 is 11.3 Å². The van der Waals surface area contributed by atoms with Gasteiger partial charge in [0.15, 0.2) is 4.96 Å². The second kappa shape index (κ2) is 4.96. The summed E-state index contributed by atoms with van der Waals surface area (Å²) < 4.78 is 2.09. The summed E-state index contributed by atoms with van der Waals surface area (Å²) in [6.07, 6.45) is 5.87. The number of nitrogens with zero attached hydrogens (tertiary/aromatic N) is 2. The van der Waals surface area contributed by atoms with Crippen LogP contribution in [0.5, 0.6) is 0 Å². The van der Waals surface area contributed by atoms with E-state index in [0.29, 0.717) is 0 Å². The first-order valence-corrected chi connectivity index (χ1v) is 7.75. The molecule has 19 heavy (non-hydrogen) atoms. The van der Waals surface area contributed by atoms with Crippen molar-refractivity contribution < 1.29 is 9.90 Å². The van der Waals surface area contributed by atoms with Gasteiger partial charge in [-0.25, -0.2) is 4.98 Å². The summed E-state index contributed by atoms with van der Waals surface area (Å²) in [5, 5.41) is 10.9. The first-order valence-electron chi connectivity index (χ1n) is 6.87. The summed E-state index contributed by atoms with van der Waals surface area (Å²) in [6, 6.07) is 0. The fourth-order valence-corrected chi connectivity index (χ4v) is 4.01. The molecule has 1 aliphatic carbocycles. The van der Waals surface area contributed by atoms with Gasteiger partial charge in [0.2, 0.25) is 0 Å². The smallest absolute Gasteiger partial charge is 0.309 e. The number of aromatic nitrogens is 2. The number of hydrogen-bond acceptors (Lipinski definition) is 3. The molecule has 2 aromatic heterocycles. The molecule has 3 rings (SSSR count). The molecular weight excluding hydrogens is 260 g/mol. The summed E-state index contributed by atoms with van der Waals surface area (Å²) in [4.78, 5) is 16.6. The Hall–Kier alpha value is -1.36. The normalized spacial score (nSPS) is 18.7. The zero-order valence-electron chi connectivity index (χ0n) is 11.1. The van der Waals surface area contributed by atoms with Crippen molar-refractivity contribution in [3.8, 4) is 0 Å². The Morgan fingerprint density at radius 1 is 1.63 bits per heavy atom. The maximum absolute atomic E-state index is 10.9. The van der Waals surface area contributed by atoms with Gasteiger partial charge in [0, 0.05) is 16.8 Å². The van der Waals surface area contributed by atoms with Gasteiger partial charge in [-0.05, 0) is 25.2 Å². The van der Waals surface area contributed by atoms with Gasteiger partial charge in [-0.15, -0.1) is 11.3 Å². The Bertz CT molecular complexity index is 614. The third kappa shape index (κ3) is 2.27. The molecule has 2 aromatic rings. The van der Waals surface area contributed by atoms with E-state index in [1.165, 1.54) is 30.7 Å². The molecule has 0 saturated heterocycles. The summed E-state index contributed by atoms with van der Waals surface area (Å²) >= 11 is 1.55. The van der Waals surface area contributed by atoms with Gasteiger partial charge in [-0.3, -0.25) is 9.20 Å². The molecule has 102 valence electrons. The lowest BCUT2D eigenvalue weighted by Gasteiger charge is -2.21. The van der Waals surface area contributed by atoms with E-state index in [2.05, 4.69) is 16.3 Å². The average molecular weight is 278 g/mol. The van der Waals surface area contributed by atoms with Crippen LogP contribution in [-0.4, -0.2) is 20.5 Å². The zero-order chi connectivity index (χ0) is 13.4. The number of fused-ring (bicyclic) bond motifs is 3. The predicted molar refractivity (Wildman–Crippen MR) is 74.8 cm³/mol. The van der Waals surface area contributed by atoms with E-state index in [0.717, 1.165) is 29.4 Å². The molecule has 1 N–H and O–H groups in total. The largest absolute Gasteiger partial charge is 0.481 e. The number of carboxylic acid groups (broad SMARTS) is 1. The molecule has 1 unspecified atom stereocenters. The number of thiazole rings is 1. The fraction of sp³-hybridized carbons (Fsp3) is 0.571. The molecular formula is C14H18N2O2S. The van der Waals surface area contributed by atoms with Crippen LogP contribution in [0.15, 0.2) is 5.38 Å². The van der Waals surface area contributed by atoms with Crippen molar-refractivity contribution in [3.63, 3.8) is 0 Å². The number of hydrogen-bond donors (Lipinski definition) is 1. The van der Waals surface area contributed by atoms with Gasteiger partial charge in [-0.1, -0.05) is 19.8 Å². The van der Waals surface area contributed by atoms with Crippen LogP contribution in [0, 0.1) is 5.92 Å². The Morgan fingerprint density at radius 3 is 3.21 bits per heavy atom. The number of carboxylic acids is 1. The number of imidazole rings is 1. The van der Waals surface area contributed by atoms with Crippen molar-refractivity contribution >= 4 is 22.3 Å². The minimum absolute atomic E-state index is 0.0846. The van der Waals surface area contributed by atoms with Crippen LogP contribution in [0.25, 0.3) is 4.96 Å². The first kappa shape index (κ1) is 12.7. The maximum atomic E-state index is 10.9. The second-order valence-electron chi connectivity index (χ2n) is 5.32. The highest BCUT2D eigenvalue weighted by Gasteiger charge is 2.25. The second-order valence-corrected chi connectivity index (χ2v) is 6.15. The Labute approximate surface area is 116 Å². The van der Waals surface area contributed by atoms with Gasteiger partial charge in [0.05, 0.1) is 12.1 Å². The van der Waals surface area contributed by atoms with Crippen LogP contribution in [0.3, 0.4) is 0 Å². The van der Waals surface area contributed by atoms with E-state index in [1.54, 1.807) is 11.3 Å². The molecule has 0 radical (unpaired) electrons. The third-order valence-corrected chi connectivity index (χ3v) is 4.79. The van der Waals surface area contributed by atoms with Gasteiger partial charge >= 0.3 is 5.97 Å². The monoisotopic (exact) mass is 278 g/mol. The molecule has 0 spiro atoms. The van der Waals surface area contributed by atoms with E-state index in [9.17, 15) is 4.79 Å². The number of carbonyl (C=O) groups is 1. The quantitative estimate of drug-likeness (QED) is 0.935. The van der Waals surface area contributed by atoms with Crippen LogP contribution in [0.4, 0.5) is 0 Å². The van der Waals surface area contributed by atoms with Crippen molar-refractivity contribution in [1.82, 2.24) is 9.38 Å². The van der Waals surface area contributed by atoms with Gasteiger partial charge in [0.25, 0.3) is 0 Å². The van der Waals surface area contributed by atoms with Crippen LogP contribution in [0.2, 0.25) is 0 Å². The van der Waals surface area contributed by atoms with Crippen molar-refractivity contribution in [2.24, 2.45) is 5.92 Å². The van der Waals surface area contributed by atoms with Gasteiger partial charge < -0.3 is 5.11 Å². The van der Waals surface area contributed by atoms with Crippen molar-refractivity contribution in [2.75, 3.05) is 0 Å². The molecule has 0 aliphatic heterocycles. The Balaban J connectivity index is 2.00. The molecule has 1 atom stereocenters. The molecule has 5 heteroatoms. The molecule has 0 aromatic carbocycles. The van der Waals surface area contributed by atoms with E-state index < -0.39 is 5.97 Å². The summed E-state index contributed by atoms with van der Waals surface area (Å²) in [6.45, 7) is 2.22. The molecule has 0 fully saturated rings. The van der Waals surface area contributed by atoms with Crippen molar-refractivity contribution in [1.29, 1.82) is 0 Å². The molecule has 0 bridgehead atoms. The lowest BCUT2D eigenvalue weighted by molar-refractivity contribution is -0.136.